The molecule has 3 aliphatic heterocycles. The van der Waals surface area contributed by atoms with Crippen LogP contribution >= 0.6 is 0 Å². The van der Waals surface area contributed by atoms with E-state index in [1.165, 1.54) is 17.5 Å². The van der Waals surface area contributed by atoms with Gasteiger partial charge in [-0.05, 0) is 91.4 Å². The molecule has 1 aromatic carbocycles. The van der Waals surface area contributed by atoms with E-state index in [-0.39, 0.29) is 17.3 Å². The summed E-state index contributed by atoms with van der Waals surface area (Å²) < 4.78 is 6.77. The van der Waals surface area contributed by atoms with Crippen molar-refractivity contribution in [2.24, 2.45) is 5.41 Å². The van der Waals surface area contributed by atoms with E-state index in [2.05, 4.69) is 33.4 Å². The number of rotatable bonds is 5. The molecule has 38 heavy (non-hydrogen) atoms. The molecule has 0 unspecified atom stereocenters. The van der Waals surface area contributed by atoms with Gasteiger partial charge in [0.25, 0.3) is 0 Å². The number of carbonyl (C=O) groups excluding carboxylic acids is 2. The van der Waals surface area contributed by atoms with Crippen molar-refractivity contribution in [2.45, 2.75) is 60.0 Å². The van der Waals surface area contributed by atoms with E-state index in [1.807, 2.05) is 43.9 Å². The molecule has 10 heteroatoms. The molecule has 0 radical (unpaired) electrons. The number of hydrogen-bond acceptors (Lipinski definition) is 8. The number of fused-ring (bicyclic) bond motifs is 1. The van der Waals surface area contributed by atoms with Gasteiger partial charge in [0.05, 0.1) is 16.9 Å². The Labute approximate surface area is 223 Å². The Balaban J connectivity index is 0.00000144. The van der Waals surface area contributed by atoms with Crippen LogP contribution < -0.4 is 4.90 Å². The van der Waals surface area contributed by atoms with Gasteiger partial charge in [0.1, 0.15) is 18.8 Å². The average Bonchev–Trinajstić information content (AvgIpc) is 3.66. The number of amides is 1. The summed E-state index contributed by atoms with van der Waals surface area (Å²) in [4.78, 5) is 33.9. The molecular formula is C28H35N7O3. The lowest BCUT2D eigenvalue weighted by Gasteiger charge is -2.38. The van der Waals surface area contributed by atoms with Gasteiger partial charge in [0, 0.05) is 25.1 Å². The van der Waals surface area contributed by atoms with Crippen molar-refractivity contribution in [3.8, 4) is 5.69 Å². The Morgan fingerprint density at radius 3 is 2.55 bits per heavy atom. The third-order valence-corrected chi connectivity index (χ3v) is 8.13. The summed E-state index contributed by atoms with van der Waals surface area (Å²) in [6, 6.07) is 7.77. The van der Waals surface area contributed by atoms with Crippen LogP contribution in [0.1, 0.15) is 65.9 Å². The van der Waals surface area contributed by atoms with Crippen molar-refractivity contribution in [2.75, 3.05) is 31.1 Å². The van der Waals surface area contributed by atoms with Gasteiger partial charge < -0.3 is 9.64 Å². The summed E-state index contributed by atoms with van der Waals surface area (Å²) in [6.07, 6.45) is 5.07. The highest BCUT2D eigenvalue weighted by atomic mass is 16.5. The Morgan fingerprint density at radius 2 is 1.84 bits per heavy atom. The second-order valence-electron chi connectivity index (χ2n) is 10.2. The number of pyridine rings is 1. The Hall–Kier alpha value is -3.66. The van der Waals surface area contributed by atoms with Crippen molar-refractivity contribution in [3.63, 3.8) is 0 Å². The lowest BCUT2D eigenvalue weighted by molar-refractivity contribution is -0.118. The van der Waals surface area contributed by atoms with Gasteiger partial charge in [-0.1, -0.05) is 19.9 Å². The van der Waals surface area contributed by atoms with E-state index in [9.17, 15) is 9.59 Å². The summed E-state index contributed by atoms with van der Waals surface area (Å²) in [5, 5.41) is 11.3. The van der Waals surface area contributed by atoms with Gasteiger partial charge in [0.2, 0.25) is 5.91 Å². The number of anilines is 1. The van der Waals surface area contributed by atoms with Gasteiger partial charge in [-0.3, -0.25) is 9.69 Å². The standard InChI is InChI=1S/C26H29N7O3.C2H6/c1-17-19(3-4-20-21(17)14-36-25(20)35)7-10-31-11-8-26(9-12-31)13-24(34)32(15-26)23-6-5-22(18(2)28-23)33-16-27-29-30-33;1-2/h3-6,16H,7-15H2,1-2H3;1-2H3. The van der Waals surface area contributed by atoms with Crippen LogP contribution in [0, 0.1) is 19.3 Å². The van der Waals surface area contributed by atoms with Crippen molar-refractivity contribution in [1.82, 2.24) is 30.1 Å². The molecule has 1 amide bonds. The number of aromatic nitrogens is 5. The van der Waals surface area contributed by atoms with Crippen LogP contribution in [0.5, 0.6) is 0 Å². The smallest absolute Gasteiger partial charge is 0.338 e. The minimum absolute atomic E-state index is 0.0127. The number of nitrogens with zero attached hydrogens (tertiary/aromatic N) is 7. The van der Waals surface area contributed by atoms with Gasteiger partial charge in [-0.15, -0.1) is 5.10 Å². The summed E-state index contributed by atoms with van der Waals surface area (Å²) in [5.41, 5.74) is 5.80. The maximum absolute atomic E-state index is 13.0. The normalized spacial score (nSPS) is 18.4. The lowest BCUT2D eigenvalue weighted by Crippen LogP contribution is -2.42. The fourth-order valence-corrected chi connectivity index (χ4v) is 5.84. The van der Waals surface area contributed by atoms with Gasteiger partial charge in [-0.25, -0.2) is 9.78 Å². The highest BCUT2D eigenvalue weighted by Crippen LogP contribution is 2.42. The number of esters is 1. The predicted molar refractivity (Wildman–Crippen MR) is 142 cm³/mol. The van der Waals surface area contributed by atoms with E-state index in [4.69, 9.17) is 9.72 Å². The molecule has 0 bridgehead atoms. The highest BCUT2D eigenvalue weighted by Gasteiger charge is 2.45. The lowest BCUT2D eigenvalue weighted by atomic mass is 9.77. The topological polar surface area (TPSA) is 106 Å². The molecule has 2 fully saturated rings. The van der Waals surface area contributed by atoms with Crippen molar-refractivity contribution >= 4 is 17.7 Å². The largest absolute Gasteiger partial charge is 0.457 e. The molecule has 3 aromatic rings. The fourth-order valence-electron chi connectivity index (χ4n) is 5.84. The molecule has 2 saturated heterocycles. The average molecular weight is 518 g/mol. The molecule has 5 heterocycles. The number of benzene rings is 1. The van der Waals surface area contributed by atoms with Crippen LogP contribution in [0.4, 0.5) is 5.82 Å². The number of likely N-dealkylation sites (tertiary alicyclic amines) is 1. The number of hydrogen-bond donors (Lipinski definition) is 0. The Kier molecular flexibility index (Phi) is 7.25. The van der Waals surface area contributed by atoms with E-state index >= 15 is 0 Å². The van der Waals surface area contributed by atoms with E-state index in [0.29, 0.717) is 31.0 Å². The first-order chi connectivity index (χ1) is 18.4. The highest BCUT2D eigenvalue weighted by molar-refractivity contribution is 5.95. The third-order valence-electron chi connectivity index (χ3n) is 8.13. The van der Waals surface area contributed by atoms with Crippen molar-refractivity contribution < 1.29 is 14.3 Å². The number of aryl methyl sites for hydroxylation is 1. The zero-order chi connectivity index (χ0) is 26.9. The third kappa shape index (κ3) is 4.80. The first kappa shape index (κ1) is 26.0. The van der Waals surface area contributed by atoms with Crippen LogP contribution in [-0.4, -0.2) is 68.1 Å². The number of cyclic esters (lactones) is 1. The molecule has 0 aliphatic carbocycles. The fraction of sp³-hybridized carbons (Fsp3) is 0.500. The maximum Gasteiger partial charge on any atom is 0.338 e. The van der Waals surface area contributed by atoms with E-state index in [1.54, 1.807) is 4.68 Å². The molecule has 10 nitrogen and oxygen atoms in total. The molecule has 1 spiro atoms. The van der Waals surface area contributed by atoms with Gasteiger partial charge in [0.15, 0.2) is 0 Å². The number of carbonyl (C=O) groups is 2. The minimum Gasteiger partial charge on any atom is -0.457 e. The molecule has 0 saturated carbocycles. The number of tetrazole rings is 1. The molecule has 3 aliphatic rings. The minimum atomic E-state index is -0.213. The zero-order valence-electron chi connectivity index (χ0n) is 22.6. The monoisotopic (exact) mass is 517 g/mol. The molecule has 6 rings (SSSR count). The van der Waals surface area contributed by atoms with Crippen LogP contribution in [-0.2, 0) is 22.6 Å². The maximum atomic E-state index is 13.0. The summed E-state index contributed by atoms with van der Waals surface area (Å²) >= 11 is 0. The van der Waals surface area contributed by atoms with Gasteiger partial charge >= 0.3 is 5.97 Å². The number of ether oxygens (including phenoxy) is 1. The van der Waals surface area contributed by atoms with Crippen molar-refractivity contribution in [1.29, 1.82) is 0 Å². The molecule has 0 N–H and O–H groups in total. The first-order valence-electron chi connectivity index (χ1n) is 13.4. The predicted octanol–water partition coefficient (Wildman–Crippen LogP) is 3.43. The quantitative estimate of drug-likeness (QED) is 0.474. The zero-order valence-corrected chi connectivity index (χ0v) is 22.6. The number of piperidine rings is 1. The molecular weight excluding hydrogens is 482 g/mol. The molecule has 2 aromatic heterocycles. The Bertz CT molecular complexity index is 1330. The second-order valence-corrected chi connectivity index (χ2v) is 10.2. The summed E-state index contributed by atoms with van der Waals surface area (Å²) in [7, 11) is 0. The van der Waals surface area contributed by atoms with E-state index in [0.717, 1.165) is 55.8 Å². The molecule has 200 valence electrons. The SMILES string of the molecule is CC.Cc1nc(N2CC3(CCN(CCc4ccc5c(c4C)COC5=O)CC3)CC2=O)ccc1-n1cnnn1. The summed E-state index contributed by atoms with van der Waals surface area (Å²) in [6.45, 7) is 12.0. The van der Waals surface area contributed by atoms with Crippen LogP contribution in [0.3, 0.4) is 0 Å². The van der Waals surface area contributed by atoms with Crippen molar-refractivity contribution in [3.05, 3.63) is 58.5 Å². The van der Waals surface area contributed by atoms with Crippen LogP contribution in [0.2, 0.25) is 0 Å². The Morgan fingerprint density at radius 1 is 1.05 bits per heavy atom. The first-order valence-corrected chi connectivity index (χ1v) is 13.4. The van der Waals surface area contributed by atoms with Crippen LogP contribution in [0.25, 0.3) is 5.69 Å². The summed E-state index contributed by atoms with van der Waals surface area (Å²) in [5.74, 6) is 0.633. The van der Waals surface area contributed by atoms with E-state index < -0.39 is 0 Å². The van der Waals surface area contributed by atoms with Crippen LogP contribution in [0.15, 0.2) is 30.6 Å². The second kappa shape index (κ2) is 10.6. The molecule has 0 atom stereocenters. The van der Waals surface area contributed by atoms with Gasteiger partial charge in [-0.2, -0.15) is 4.68 Å².